The minimum Gasteiger partial charge on any atom is -0.497 e. The number of amides is 1. The molecule has 0 aliphatic carbocycles. The first-order valence-electron chi connectivity index (χ1n) is 7.37. The Kier molecular flexibility index (Phi) is 5.31. The predicted molar refractivity (Wildman–Crippen MR) is 102 cm³/mol. The summed E-state index contributed by atoms with van der Waals surface area (Å²) in [6.45, 7) is 0. The number of para-hydroxylation sites is 1. The summed E-state index contributed by atoms with van der Waals surface area (Å²) in [6.07, 6.45) is 1.75. The molecule has 0 atom stereocenters. The van der Waals surface area contributed by atoms with Crippen LogP contribution in [0.2, 0.25) is 5.02 Å². The molecule has 0 unspecified atom stereocenters. The Hall–Kier alpha value is -2.44. The second-order valence-electron chi connectivity index (χ2n) is 5.04. The second kappa shape index (κ2) is 7.63. The van der Waals surface area contributed by atoms with Crippen LogP contribution in [-0.4, -0.2) is 25.3 Å². The number of thioether (sulfide) groups is 1. The summed E-state index contributed by atoms with van der Waals surface area (Å²) in [5.74, 6) is 1.11. The van der Waals surface area contributed by atoms with Gasteiger partial charge in [0, 0.05) is 5.56 Å². The zero-order valence-corrected chi connectivity index (χ0v) is 15.1. The van der Waals surface area contributed by atoms with Crippen LogP contribution in [0.5, 0.6) is 11.5 Å². The highest BCUT2D eigenvalue weighted by atomic mass is 35.5. The van der Waals surface area contributed by atoms with Crippen LogP contribution in [0.15, 0.2) is 52.4 Å². The molecule has 0 aromatic heterocycles. The lowest BCUT2D eigenvalue weighted by molar-refractivity contribution is -0.115. The molecule has 1 aliphatic rings. The Morgan fingerprint density at radius 3 is 2.68 bits per heavy atom. The van der Waals surface area contributed by atoms with Crippen molar-refractivity contribution in [1.82, 2.24) is 5.32 Å². The molecule has 2 aromatic rings. The number of carbonyl (C=O) groups is 1. The number of amidine groups is 1. The van der Waals surface area contributed by atoms with Crippen molar-refractivity contribution >= 4 is 46.2 Å². The number of rotatable bonds is 4. The molecule has 1 fully saturated rings. The smallest absolute Gasteiger partial charge is 0.264 e. The Labute approximate surface area is 154 Å². The van der Waals surface area contributed by atoms with Gasteiger partial charge in [-0.15, -0.1) is 0 Å². The summed E-state index contributed by atoms with van der Waals surface area (Å²) in [6, 6.07) is 12.6. The fraction of sp³-hybridized carbons (Fsp3) is 0.111. The highest BCUT2D eigenvalue weighted by molar-refractivity contribution is 8.18. The molecule has 0 radical (unpaired) electrons. The van der Waals surface area contributed by atoms with Crippen LogP contribution in [-0.2, 0) is 4.79 Å². The number of nitrogens with one attached hydrogen (secondary N) is 1. The molecular formula is C18H15ClN2O3S. The molecule has 1 heterocycles. The van der Waals surface area contributed by atoms with Crippen molar-refractivity contribution in [2.75, 3.05) is 14.2 Å². The van der Waals surface area contributed by atoms with Gasteiger partial charge in [-0.2, -0.15) is 0 Å². The number of halogens is 1. The van der Waals surface area contributed by atoms with Crippen molar-refractivity contribution in [3.05, 3.63) is 58.0 Å². The standard InChI is InChI=1S/C18H15ClN2O3S/c1-23-12-7-8-15(24-2)11(9-12)10-16-17(22)21-18(25-16)20-14-6-4-3-5-13(14)19/h3-10H,1-2H3,(H,20,21,22). The number of hydrogen-bond donors (Lipinski definition) is 1. The summed E-state index contributed by atoms with van der Waals surface area (Å²) in [5.41, 5.74) is 1.35. The van der Waals surface area contributed by atoms with E-state index in [-0.39, 0.29) is 5.91 Å². The lowest BCUT2D eigenvalue weighted by Crippen LogP contribution is -2.19. The molecular weight excluding hydrogens is 360 g/mol. The van der Waals surface area contributed by atoms with E-state index in [1.165, 1.54) is 11.8 Å². The maximum Gasteiger partial charge on any atom is 0.264 e. The first-order valence-corrected chi connectivity index (χ1v) is 8.56. The highest BCUT2D eigenvalue weighted by Gasteiger charge is 2.24. The van der Waals surface area contributed by atoms with Gasteiger partial charge in [0.2, 0.25) is 0 Å². The number of carbonyl (C=O) groups excluding carboxylic acids is 1. The van der Waals surface area contributed by atoms with E-state index in [1.807, 2.05) is 18.2 Å². The van der Waals surface area contributed by atoms with Gasteiger partial charge in [-0.05, 0) is 48.2 Å². The van der Waals surface area contributed by atoms with Gasteiger partial charge in [0.1, 0.15) is 11.5 Å². The molecule has 0 spiro atoms. The van der Waals surface area contributed by atoms with E-state index >= 15 is 0 Å². The van der Waals surface area contributed by atoms with Crippen molar-refractivity contribution in [2.24, 2.45) is 4.99 Å². The Morgan fingerprint density at radius 1 is 1.16 bits per heavy atom. The zero-order valence-electron chi connectivity index (χ0n) is 13.6. The molecule has 5 nitrogen and oxygen atoms in total. The molecule has 3 rings (SSSR count). The van der Waals surface area contributed by atoms with E-state index in [9.17, 15) is 4.79 Å². The van der Waals surface area contributed by atoms with Gasteiger partial charge < -0.3 is 14.8 Å². The van der Waals surface area contributed by atoms with Crippen LogP contribution in [0.25, 0.3) is 6.08 Å². The van der Waals surface area contributed by atoms with Crippen molar-refractivity contribution in [3.63, 3.8) is 0 Å². The van der Waals surface area contributed by atoms with Crippen LogP contribution in [0.3, 0.4) is 0 Å². The summed E-state index contributed by atoms with van der Waals surface area (Å²) >= 11 is 7.35. The molecule has 25 heavy (non-hydrogen) atoms. The molecule has 1 aliphatic heterocycles. The van der Waals surface area contributed by atoms with Crippen LogP contribution < -0.4 is 14.8 Å². The van der Waals surface area contributed by atoms with E-state index in [4.69, 9.17) is 21.1 Å². The molecule has 1 amide bonds. The first kappa shape index (κ1) is 17.4. The number of methoxy groups -OCH3 is 2. The fourth-order valence-electron chi connectivity index (χ4n) is 2.23. The minimum atomic E-state index is -0.222. The summed E-state index contributed by atoms with van der Waals surface area (Å²) in [5, 5.41) is 3.74. The Bertz CT molecular complexity index is 880. The minimum absolute atomic E-state index is 0.222. The molecule has 7 heteroatoms. The maximum absolute atomic E-state index is 12.2. The van der Waals surface area contributed by atoms with Gasteiger partial charge in [-0.1, -0.05) is 23.7 Å². The number of benzene rings is 2. The molecule has 1 saturated heterocycles. The average molecular weight is 375 g/mol. The first-order chi connectivity index (χ1) is 12.1. The molecule has 1 N–H and O–H groups in total. The van der Waals surface area contributed by atoms with Crippen molar-refractivity contribution in [1.29, 1.82) is 0 Å². The Morgan fingerprint density at radius 2 is 1.96 bits per heavy atom. The summed E-state index contributed by atoms with van der Waals surface area (Å²) in [4.78, 5) is 17.1. The van der Waals surface area contributed by atoms with E-state index in [2.05, 4.69) is 10.3 Å². The summed E-state index contributed by atoms with van der Waals surface area (Å²) in [7, 11) is 3.17. The third-order valence-electron chi connectivity index (χ3n) is 3.45. The summed E-state index contributed by atoms with van der Waals surface area (Å²) < 4.78 is 10.6. The van der Waals surface area contributed by atoms with Gasteiger partial charge in [-0.3, -0.25) is 4.79 Å². The van der Waals surface area contributed by atoms with Crippen LogP contribution >= 0.6 is 23.4 Å². The monoisotopic (exact) mass is 374 g/mol. The van der Waals surface area contributed by atoms with E-state index in [0.29, 0.717) is 32.3 Å². The largest absolute Gasteiger partial charge is 0.497 e. The number of aliphatic imine (C=N–C) groups is 1. The van der Waals surface area contributed by atoms with Crippen molar-refractivity contribution in [2.45, 2.75) is 0 Å². The third kappa shape index (κ3) is 3.97. The highest BCUT2D eigenvalue weighted by Crippen LogP contribution is 2.33. The van der Waals surface area contributed by atoms with Gasteiger partial charge in [-0.25, -0.2) is 4.99 Å². The molecule has 0 saturated carbocycles. The number of hydrogen-bond acceptors (Lipinski definition) is 5. The average Bonchev–Trinajstić information content (AvgIpc) is 2.96. The van der Waals surface area contributed by atoms with Crippen LogP contribution in [0.4, 0.5) is 5.69 Å². The van der Waals surface area contributed by atoms with Gasteiger partial charge in [0.05, 0.1) is 29.8 Å². The third-order valence-corrected chi connectivity index (χ3v) is 4.68. The topological polar surface area (TPSA) is 59.9 Å². The lowest BCUT2D eigenvalue weighted by atomic mass is 10.1. The second-order valence-corrected chi connectivity index (χ2v) is 6.48. The quantitative estimate of drug-likeness (QED) is 0.813. The fourth-order valence-corrected chi connectivity index (χ4v) is 3.23. The normalized spacial score (nSPS) is 17.0. The molecule has 2 aromatic carbocycles. The van der Waals surface area contributed by atoms with Crippen molar-refractivity contribution in [3.8, 4) is 11.5 Å². The van der Waals surface area contributed by atoms with Gasteiger partial charge in [0.15, 0.2) is 5.17 Å². The predicted octanol–water partition coefficient (Wildman–Crippen LogP) is 4.25. The number of nitrogens with zero attached hydrogens (tertiary/aromatic N) is 1. The van der Waals surface area contributed by atoms with E-state index in [0.717, 1.165) is 5.56 Å². The van der Waals surface area contributed by atoms with E-state index in [1.54, 1.807) is 44.6 Å². The lowest BCUT2D eigenvalue weighted by Gasteiger charge is -2.07. The van der Waals surface area contributed by atoms with Crippen LogP contribution in [0.1, 0.15) is 5.56 Å². The molecule has 0 bridgehead atoms. The molecule has 128 valence electrons. The number of ether oxygens (including phenoxy) is 2. The van der Waals surface area contributed by atoms with Crippen LogP contribution in [0, 0.1) is 0 Å². The zero-order chi connectivity index (χ0) is 17.8. The van der Waals surface area contributed by atoms with Gasteiger partial charge >= 0.3 is 0 Å². The maximum atomic E-state index is 12.2. The van der Waals surface area contributed by atoms with Gasteiger partial charge in [0.25, 0.3) is 5.91 Å². The van der Waals surface area contributed by atoms with Crippen molar-refractivity contribution < 1.29 is 14.3 Å². The SMILES string of the molecule is COc1ccc(OC)c(C=C2SC(=Nc3ccccc3Cl)NC2=O)c1. The van der Waals surface area contributed by atoms with E-state index < -0.39 is 0 Å². The Balaban J connectivity index is 1.91.